The third kappa shape index (κ3) is 6.05. The number of aromatic nitrogens is 2. The Balaban J connectivity index is 2.20. The molecule has 158 valence electrons. The SMILES string of the molecule is CC(C)C(C)Nc1nc(Nc2ccc(OS(=O)(=O)C(C)C)cc2)ncc1C(N)=O. The molecule has 1 atom stereocenters. The fraction of sp³-hybridized carbons (Fsp3) is 0.421. The largest absolute Gasteiger partial charge is 0.382 e. The number of nitrogens with zero attached hydrogens (tertiary/aromatic N) is 2. The van der Waals surface area contributed by atoms with Gasteiger partial charge in [0.15, 0.2) is 0 Å². The molecule has 0 radical (unpaired) electrons. The molecule has 0 spiro atoms. The Morgan fingerprint density at radius 2 is 1.72 bits per heavy atom. The van der Waals surface area contributed by atoms with Gasteiger partial charge in [0.25, 0.3) is 5.91 Å². The fourth-order valence-corrected chi connectivity index (χ4v) is 2.64. The van der Waals surface area contributed by atoms with Crippen LogP contribution in [0.5, 0.6) is 5.75 Å². The zero-order valence-corrected chi connectivity index (χ0v) is 17.9. The van der Waals surface area contributed by atoms with Gasteiger partial charge in [-0.15, -0.1) is 0 Å². The summed E-state index contributed by atoms with van der Waals surface area (Å²) >= 11 is 0. The van der Waals surface area contributed by atoms with Crippen molar-refractivity contribution in [2.45, 2.75) is 45.9 Å². The van der Waals surface area contributed by atoms with Crippen molar-refractivity contribution in [1.29, 1.82) is 0 Å². The van der Waals surface area contributed by atoms with Crippen molar-refractivity contribution < 1.29 is 17.4 Å². The summed E-state index contributed by atoms with van der Waals surface area (Å²) in [7, 11) is -3.66. The Hall–Kier alpha value is -2.88. The molecule has 0 aliphatic heterocycles. The molecule has 1 amide bonds. The van der Waals surface area contributed by atoms with Gasteiger partial charge in [-0.1, -0.05) is 13.8 Å². The first-order valence-electron chi connectivity index (χ1n) is 9.23. The van der Waals surface area contributed by atoms with Gasteiger partial charge in [-0.25, -0.2) is 4.98 Å². The van der Waals surface area contributed by atoms with E-state index >= 15 is 0 Å². The quantitative estimate of drug-likeness (QED) is 0.526. The number of rotatable bonds is 9. The molecule has 2 rings (SSSR count). The van der Waals surface area contributed by atoms with Crippen LogP contribution in [-0.4, -0.2) is 35.6 Å². The Labute approximate surface area is 171 Å². The van der Waals surface area contributed by atoms with E-state index in [2.05, 4.69) is 20.6 Å². The van der Waals surface area contributed by atoms with Crippen LogP contribution in [0.2, 0.25) is 0 Å². The fourth-order valence-electron chi connectivity index (χ4n) is 2.07. The molecule has 0 saturated heterocycles. The smallest absolute Gasteiger partial charge is 0.311 e. The van der Waals surface area contributed by atoms with Crippen molar-refractivity contribution in [3.63, 3.8) is 0 Å². The van der Waals surface area contributed by atoms with Gasteiger partial charge in [0.1, 0.15) is 11.6 Å². The molecule has 0 fully saturated rings. The zero-order chi connectivity index (χ0) is 21.8. The highest BCUT2D eigenvalue weighted by atomic mass is 32.2. The molecular formula is C19H27N5O4S. The minimum Gasteiger partial charge on any atom is -0.382 e. The second-order valence-corrected chi connectivity index (χ2v) is 9.37. The van der Waals surface area contributed by atoms with Crippen molar-refractivity contribution in [3.05, 3.63) is 36.0 Å². The first-order valence-corrected chi connectivity index (χ1v) is 10.7. The molecule has 0 saturated carbocycles. The maximum atomic E-state index is 11.8. The minimum atomic E-state index is -3.66. The minimum absolute atomic E-state index is 0.0650. The molecule has 2 aromatic rings. The Bertz CT molecular complexity index is 959. The van der Waals surface area contributed by atoms with E-state index in [9.17, 15) is 13.2 Å². The molecule has 0 bridgehead atoms. The molecule has 0 aliphatic rings. The van der Waals surface area contributed by atoms with Crippen molar-refractivity contribution >= 4 is 33.5 Å². The summed E-state index contributed by atoms with van der Waals surface area (Å²) in [4.78, 5) is 20.1. The highest BCUT2D eigenvalue weighted by Gasteiger charge is 2.18. The van der Waals surface area contributed by atoms with Crippen LogP contribution in [0.1, 0.15) is 45.0 Å². The lowest BCUT2D eigenvalue weighted by Crippen LogP contribution is -2.25. The predicted octanol–water partition coefficient (Wildman–Crippen LogP) is 2.89. The molecule has 10 heteroatoms. The van der Waals surface area contributed by atoms with Crippen LogP contribution in [0.3, 0.4) is 0 Å². The summed E-state index contributed by atoms with van der Waals surface area (Å²) in [5, 5.41) is 5.55. The van der Waals surface area contributed by atoms with E-state index in [0.29, 0.717) is 17.4 Å². The normalized spacial score (nSPS) is 12.7. The number of hydrogen-bond donors (Lipinski definition) is 3. The predicted molar refractivity (Wildman–Crippen MR) is 113 cm³/mol. The maximum absolute atomic E-state index is 11.8. The third-order valence-corrected chi connectivity index (χ3v) is 5.90. The van der Waals surface area contributed by atoms with Gasteiger partial charge in [0.05, 0.1) is 10.8 Å². The van der Waals surface area contributed by atoms with Crippen molar-refractivity contribution in [3.8, 4) is 5.75 Å². The molecule has 1 unspecified atom stereocenters. The summed E-state index contributed by atoms with van der Waals surface area (Å²) in [6, 6.07) is 6.40. The van der Waals surface area contributed by atoms with Crippen LogP contribution in [0, 0.1) is 5.92 Å². The molecule has 1 aromatic carbocycles. The third-order valence-electron chi connectivity index (χ3n) is 4.32. The van der Waals surface area contributed by atoms with E-state index in [1.807, 2.05) is 20.8 Å². The highest BCUT2D eigenvalue weighted by Crippen LogP contribution is 2.22. The van der Waals surface area contributed by atoms with Crippen LogP contribution in [0.15, 0.2) is 30.5 Å². The maximum Gasteiger partial charge on any atom is 0.311 e. The number of carbonyl (C=O) groups is 1. The van der Waals surface area contributed by atoms with Crippen LogP contribution < -0.4 is 20.6 Å². The molecular weight excluding hydrogens is 394 g/mol. The van der Waals surface area contributed by atoms with Crippen LogP contribution in [0.25, 0.3) is 0 Å². The second kappa shape index (κ2) is 9.08. The average Bonchev–Trinajstić information content (AvgIpc) is 2.62. The highest BCUT2D eigenvalue weighted by molar-refractivity contribution is 7.87. The Morgan fingerprint density at radius 1 is 1.10 bits per heavy atom. The van der Waals surface area contributed by atoms with Crippen LogP contribution in [-0.2, 0) is 10.1 Å². The molecule has 1 aromatic heterocycles. The van der Waals surface area contributed by atoms with E-state index in [-0.39, 0.29) is 23.3 Å². The lowest BCUT2D eigenvalue weighted by atomic mass is 10.1. The van der Waals surface area contributed by atoms with E-state index in [4.69, 9.17) is 9.92 Å². The lowest BCUT2D eigenvalue weighted by molar-refractivity contribution is 0.100. The molecule has 29 heavy (non-hydrogen) atoms. The van der Waals surface area contributed by atoms with Gasteiger partial charge < -0.3 is 20.6 Å². The summed E-state index contributed by atoms with van der Waals surface area (Å²) < 4.78 is 28.7. The Kier molecular flexibility index (Phi) is 7.02. The second-order valence-electron chi connectivity index (χ2n) is 7.27. The lowest BCUT2D eigenvalue weighted by Gasteiger charge is -2.19. The standard InChI is InChI=1S/C19H27N5O4S/c1-11(2)13(5)22-18-16(17(20)25)10-21-19(24-18)23-14-6-8-15(9-7-14)28-29(26,27)12(3)4/h6-13H,1-5H3,(H2,20,25)(H2,21,22,23,24). The summed E-state index contributed by atoms with van der Waals surface area (Å²) in [6.45, 7) is 9.17. The first-order chi connectivity index (χ1) is 13.5. The van der Waals surface area contributed by atoms with Gasteiger partial charge in [0, 0.05) is 17.9 Å². The molecule has 4 N–H and O–H groups in total. The molecule has 9 nitrogen and oxygen atoms in total. The van der Waals surface area contributed by atoms with Gasteiger partial charge in [0.2, 0.25) is 5.95 Å². The zero-order valence-electron chi connectivity index (χ0n) is 17.1. The van der Waals surface area contributed by atoms with Gasteiger partial charge in [-0.2, -0.15) is 13.4 Å². The van der Waals surface area contributed by atoms with Gasteiger partial charge in [-0.3, -0.25) is 4.79 Å². The molecule has 0 aliphatic carbocycles. The summed E-state index contributed by atoms with van der Waals surface area (Å²) in [5.41, 5.74) is 6.23. The number of benzene rings is 1. The van der Waals surface area contributed by atoms with Gasteiger partial charge >= 0.3 is 10.1 Å². The summed E-state index contributed by atoms with van der Waals surface area (Å²) in [5.74, 6) is 0.512. The first kappa shape index (κ1) is 22.4. The average molecular weight is 422 g/mol. The van der Waals surface area contributed by atoms with Crippen molar-refractivity contribution in [1.82, 2.24) is 9.97 Å². The Morgan fingerprint density at radius 3 is 2.24 bits per heavy atom. The van der Waals surface area contributed by atoms with Crippen molar-refractivity contribution in [2.24, 2.45) is 11.7 Å². The summed E-state index contributed by atoms with van der Waals surface area (Å²) in [6.07, 6.45) is 1.36. The topological polar surface area (TPSA) is 136 Å². The van der Waals surface area contributed by atoms with E-state index in [1.54, 1.807) is 26.0 Å². The van der Waals surface area contributed by atoms with Crippen LogP contribution in [0.4, 0.5) is 17.5 Å². The number of anilines is 3. The van der Waals surface area contributed by atoms with Gasteiger partial charge in [-0.05, 0) is 51.0 Å². The number of hydrogen-bond acceptors (Lipinski definition) is 8. The number of amides is 1. The number of nitrogens with one attached hydrogen (secondary N) is 2. The molecule has 1 heterocycles. The van der Waals surface area contributed by atoms with E-state index in [0.717, 1.165) is 0 Å². The number of primary amides is 1. The van der Waals surface area contributed by atoms with E-state index in [1.165, 1.54) is 18.3 Å². The number of carbonyl (C=O) groups excluding carboxylic acids is 1. The van der Waals surface area contributed by atoms with E-state index < -0.39 is 21.3 Å². The monoisotopic (exact) mass is 421 g/mol. The van der Waals surface area contributed by atoms with Crippen LogP contribution >= 0.6 is 0 Å². The number of nitrogens with two attached hydrogens (primary N) is 1. The van der Waals surface area contributed by atoms with Crippen molar-refractivity contribution in [2.75, 3.05) is 10.6 Å².